The molecule has 46 heavy (non-hydrogen) atoms. The zero-order valence-electron chi connectivity index (χ0n) is 25.1. The minimum atomic E-state index is -0.769. The molecule has 2 aromatic carbocycles. The van der Waals surface area contributed by atoms with Crippen molar-refractivity contribution in [3.05, 3.63) is 78.6 Å². The van der Waals surface area contributed by atoms with Gasteiger partial charge in [0.1, 0.15) is 29.7 Å². The number of halogens is 2. The molecular weight excluding hydrogens is 592 g/mol. The summed E-state index contributed by atoms with van der Waals surface area (Å²) in [5, 5.41) is 8.40. The number of likely N-dealkylation sites (N-methyl/N-ethyl adjacent to an activating group) is 1. The summed E-state index contributed by atoms with van der Waals surface area (Å²) in [5.74, 6) is -0.546. The number of aryl methyl sites for hydroxylation is 2. The second kappa shape index (κ2) is 10.8. The summed E-state index contributed by atoms with van der Waals surface area (Å²) in [4.78, 5) is 41.0. The van der Waals surface area contributed by atoms with Crippen LogP contribution in [0.25, 0.3) is 39.0 Å². The number of nitrogens with zero attached hydrogens (tertiary/aromatic N) is 10. The van der Waals surface area contributed by atoms with Gasteiger partial charge in [-0.05, 0) is 44.0 Å². The number of anilines is 2. The van der Waals surface area contributed by atoms with Crippen LogP contribution in [-0.2, 0) is 11.3 Å². The van der Waals surface area contributed by atoms with Gasteiger partial charge in [-0.15, -0.1) is 0 Å². The molecular formula is C32H29F2N11O. The van der Waals surface area contributed by atoms with E-state index < -0.39 is 17.7 Å². The van der Waals surface area contributed by atoms with Crippen molar-refractivity contribution in [3.8, 4) is 16.9 Å². The van der Waals surface area contributed by atoms with Crippen LogP contribution in [0.5, 0.6) is 0 Å². The number of carbonyl (C=O) groups excluding carboxylic acids is 1. The number of imidazole rings is 1. The van der Waals surface area contributed by atoms with Crippen molar-refractivity contribution in [1.29, 1.82) is 0 Å². The zero-order chi connectivity index (χ0) is 31.5. The van der Waals surface area contributed by atoms with E-state index in [2.05, 4.69) is 34.9 Å². The Bertz CT molecular complexity index is 2140. The summed E-state index contributed by atoms with van der Waals surface area (Å²) in [7, 11) is 1.82. The number of benzene rings is 2. The number of aromatic nitrogens is 8. The first-order valence-electron chi connectivity index (χ1n) is 15.1. The van der Waals surface area contributed by atoms with Gasteiger partial charge in [0.05, 0.1) is 34.6 Å². The van der Waals surface area contributed by atoms with Crippen LogP contribution in [0.2, 0.25) is 0 Å². The van der Waals surface area contributed by atoms with Crippen molar-refractivity contribution >= 4 is 39.7 Å². The van der Waals surface area contributed by atoms with Crippen LogP contribution >= 0.6 is 0 Å². The second-order valence-electron chi connectivity index (χ2n) is 11.8. The van der Waals surface area contributed by atoms with E-state index in [1.807, 2.05) is 49.5 Å². The van der Waals surface area contributed by atoms with Gasteiger partial charge in [0.2, 0.25) is 11.9 Å². The minimum absolute atomic E-state index is 0.0510. The molecule has 0 spiro atoms. The molecule has 1 amide bonds. The fraction of sp³-hybridized carbons (Fsp3) is 0.281. The van der Waals surface area contributed by atoms with Crippen LogP contribution in [0.4, 0.5) is 20.5 Å². The lowest BCUT2D eigenvalue weighted by molar-refractivity contribution is -0.131. The molecule has 1 saturated heterocycles. The van der Waals surface area contributed by atoms with Crippen LogP contribution in [0.1, 0.15) is 18.5 Å². The first kappa shape index (κ1) is 28.0. The van der Waals surface area contributed by atoms with Crippen molar-refractivity contribution < 1.29 is 13.6 Å². The summed E-state index contributed by atoms with van der Waals surface area (Å²) >= 11 is 0. The highest BCUT2D eigenvalue weighted by molar-refractivity contribution is 5.93. The number of fused-ring (bicyclic) bond motifs is 6. The van der Waals surface area contributed by atoms with Gasteiger partial charge in [0, 0.05) is 50.0 Å². The van der Waals surface area contributed by atoms with Crippen LogP contribution in [0.15, 0.2) is 61.3 Å². The number of nitrogens with one attached hydrogen (secondary N) is 1. The molecule has 6 heterocycles. The molecule has 12 nitrogen and oxygen atoms in total. The average molecular weight is 622 g/mol. The Balaban J connectivity index is 1.20. The number of hydrogen-bond acceptors (Lipinski definition) is 9. The van der Waals surface area contributed by atoms with Crippen LogP contribution in [0.3, 0.4) is 0 Å². The Hall–Kier alpha value is -5.53. The number of carbonyl (C=O) groups is 1. The molecule has 2 aliphatic rings. The predicted molar refractivity (Wildman–Crippen MR) is 167 cm³/mol. The fourth-order valence-corrected chi connectivity index (χ4v) is 6.60. The number of amides is 1. The van der Waals surface area contributed by atoms with Gasteiger partial charge in [0.25, 0.3) is 0 Å². The first-order chi connectivity index (χ1) is 22.3. The van der Waals surface area contributed by atoms with E-state index in [9.17, 15) is 13.6 Å². The molecule has 0 unspecified atom stereocenters. The highest BCUT2D eigenvalue weighted by Crippen LogP contribution is 2.34. The van der Waals surface area contributed by atoms with E-state index in [-0.39, 0.29) is 17.6 Å². The molecule has 14 heteroatoms. The minimum Gasteiger partial charge on any atom is -0.350 e. The molecule has 2 aliphatic heterocycles. The molecule has 4 aromatic heterocycles. The molecule has 1 fully saturated rings. The maximum atomic E-state index is 14.7. The number of hydrogen-bond donors (Lipinski definition) is 1. The Kier molecular flexibility index (Phi) is 6.58. The molecule has 0 saturated carbocycles. The quantitative estimate of drug-likeness (QED) is 0.304. The van der Waals surface area contributed by atoms with Crippen molar-refractivity contribution in [1.82, 2.24) is 44.2 Å². The highest BCUT2D eigenvalue weighted by atomic mass is 19.1. The maximum Gasteiger partial charge on any atom is 0.245 e. The normalized spacial score (nSPS) is 18.6. The molecule has 232 valence electrons. The molecule has 0 aliphatic carbocycles. The Morgan fingerprint density at radius 1 is 1.02 bits per heavy atom. The topological polar surface area (TPSA) is 123 Å². The SMILES string of the molecule is Cc1cc2nc(n1)N[C@H]1C[C@@H](C(=O)N(C)CCCn3cnc4cccc-2c43)N(c2ncnc3c2cnn3-c2ccc(F)cc2F)C1. The van der Waals surface area contributed by atoms with Gasteiger partial charge in [-0.2, -0.15) is 5.10 Å². The van der Waals surface area contributed by atoms with Gasteiger partial charge in [-0.25, -0.2) is 38.4 Å². The summed E-state index contributed by atoms with van der Waals surface area (Å²) in [6.07, 6.45) is 5.95. The molecule has 4 bridgehead atoms. The van der Waals surface area contributed by atoms with E-state index in [1.165, 1.54) is 23.1 Å². The van der Waals surface area contributed by atoms with E-state index in [0.29, 0.717) is 48.9 Å². The summed E-state index contributed by atoms with van der Waals surface area (Å²) in [6.45, 7) is 3.56. The summed E-state index contributed by atoms with van der Waals surface area (Å²) in [6, 6.07) is 10.5. The molecule has 8 rings (SSSR count). The number of rotatable bonds is 2. The standard InChI is InChI=1S/C32H29F2N11O/c1-18-11-25-21-5-3-6-24-28(21)43(17-37-24)10-4-9-42(2)31(46)27-13-20(40-32(39-18)41-25)15-44(27)29-22-14-38-45(30(22)36-16-35-29)26-8-7-19(33)12-23(26)34/h3,5-8,11-12,14,16-17,20,27H,4,9-10,13,15H2,1-2H3,(H,39,40,41)/t20-,27-/m0/s1. The Morgan fingerprint density at radius 3 is 2.78 bits per heavy atom. The zero-order valence-corrected chi connectivity index (χ0v) is 25.1. The second-order valence-corrected chi connectivity index (χ2v) is 11.8. The van der Waals surface area contributed by atoms with Crippen molar-refractivity contribution in [3.63, 3.8) is 0 Å². The monoisotopic (exact) mass is 621 g/mol. The third kappa shape index (κ3) is 4.68. The summed E-state index contributed by atoms with van der Waals surface area (Å²) < 4.78 is 31.8. The molecule has 6 aromatic rings. The fourth-order valence-electron chi connectivity index (χ4n) is 6.60. The maximum absolute atomic E-state index is 14.7. The average Bonchev–Trinajstić information content (AvgIpc) is 3.77. The lowest BCUT2D eigenvalue weighted by atomic mass is 10.1. The van der Waals surface area contributed by atoms with E-state index >= 15 is 0 Å². The Labute approximate surface area is 261 Å². The molecule has 2 atom stereocenters. The van der Waals surface area contributed by atoms with Gasteiger partial charge in [0.15, 0.2) is 11.5 Å². The van der Waals surface area contributed by atoms with Crippen LogP contribution in [0, 0.1) is 18.6 Å². The third-order valence-electron chi connectivity index (χ3n) is 8.71. The smallest absolute Gasteiger partial charge is 0.245 e. The van der Waals surface area contributed by atoms with E-state index in [0.717, 1.165) is 40.5 Å². The summed E-state index contributed by atoms with van der Waals surface area (Å²) in [5.41, 5.74) is 4.83. The number of para-hydroxylation sites is 1. The van der Waals surface area contributed by atoms with Gasteiger partial charge in [-0.1, -0.05) is 12.1 Å². The van der Waals surface area contributed by atoms with Gasteiger partial charge < -0.3 is 19.7 Å². The largest absolute Gasteiger partial charge is 0.350 e. The van der Waals surface area contributed by atoms with E-state index in [1.54, 1.807) is 11.1 Å². The van der Waals surface area contributed by atoms with Crippen molar-refractivity contribution in [2.24, 2.45) is 0 Å². The van der Waals surface area contributed by atoms with Crippen molar-refractivity contribution in [2.75, 3.05) is 30.4 Å². The lowest BCUT2D eigenvalue weighted by Crippen LogP contribution is -2.45. The molecule has 1 N–H and O–H groups in total. The first-order valence-corrected chi connectivity index (χ1v) is 15.1. The van der Waals surface area contributed by atoms with E-state index in [4.69, 9.17) is 4.98 Å². The lowest BCUT2D eigenvalue weighted by Gasteiger charge is -2.29. The van der Waals surface area contributed by atoms with Gasteiger partial charge >= 0.3 is 0 Å². The van der Waals surface area contributed by atoms with Crippen LogP contribution in [-0.4, -0.2) is 82.3 Å². The Morgan fingerprint density at radius 2 is 1.91 bits per heavy atom. The van der Waals surface area contributed by atoms with Crippen LogP contribution < -0.4 is 10.2 Å². The molecule has 0 radical (unpaired) electrons. The highest BCUT2D eigenvalue weighted by Gasteiger charge is 2.40. The van der Waals surface area contributed by atoms with Crippen molar-refractivity contribution in [2.45, 2.75) is 38.4 Å². The predicted octanol–water partition coefficient (Wildman–Crippen LogP) is 4.13. The third-order valence-corrected chi connectivity index (χ3v) is 8.71. The van der Waals surface area contributed by atoms with Gasteiger partial charge in [-0.3, -0.25) is 4.79 Å².